The summed E-state index contributed by atoms with van der Waals surface area (Å²) < 4.78 is 33.1. The number of methoxy groups -OCH3 is 1. The van der Waals surface area contributed by atoms with Crippen molar-refractivity contribution in [3.63, 3.8) is 0 Å². The van der Waals surface area contributed by atoms with Crippen LogP contribution in [0.5, 0.6) is 0 Å². The molecular formula is C27H29N3O5S. The molecule has 2 aliphatic rings. The number of sulfonamides is 1. The van der Waals surface area contributed by atoms with E-state index in [0.717, 1.165) is 22.9 Å². The minimum atomic E-state index is -3.81. The van der Waals surface area contributed by atoms with Crippen LogP contribution in [-0.4, -0.2) is 57.4 Å². The molecule has 3 aromatic carbocycles. The maximum Gasteiger partial charge on any atom is 0.258 e. The summed E-state index contributed by atoms with van der Waals surface area (Å²) in [6.07, 6.45) is 2.64. The van der Waals surface area contributed by atoms with Crippen LogP contribution in [-0.2, 0) is 19.6 Å². The average Bonchev–Trinajstić information content (AvgIpc) is 3.18. The number of hydrogen-bond donors (Lipinski definition) is 1. The first-order valence-corrected chi connectivity index (χ1v) is 13.6. The summed E-state index contributed by atoms with van der Waals surface area (Å²) in [6.45, 7) is 1.39. The lowest BCUT2D eigenvalue weighted by Crippen LogP contribution is -2.49. The zero-order valence-electron chi connectivity index (χ0n) is 20.1. The van der Waals surface area contributed by atoms with Gasteiger partial charge in [0.2, 0.25) is 15.9 Å². The molecule has 5 rings (SSSR count). The normalized spacial score (nSPS) is 18.1. The minimum absolute atomic E-state index is 0.0670. The van der Waals surface area contributed by atoms with Crippen LogP contribution in [0.15, 0.2) is 65.6 Å². The molecular weight excluding hydrogens is 478 g/mol. The van der Waals surface area contributed by atoms with Crippen molar-refractivity contribution in [3.8, 4) is 0 Å². The number of piperidine rings is 1. The maximum atomic E-state index is 13.5. The van der Waals surface area contributed by atoms with Gasteiger partial charge in [0.15, 0.2) is 0 Å². The Morgan fingerprint density at radius 3 is 2.64 bits per heavy atom. The molecule has 0 aliphatic carbocycles. The smallest absolute Gasteiger partial charge is 0.258 e. The number of carbonyl (C=O) groups is 2. The Bertz CT molecular complexity index is 1410. The highest BCUT2D eigenvalue weighted by Gasteiger charge is 2.38. The van der Waals surface area contributed by atoms with Gasteiger partial charge >= 0.3 is 0 Å². The number of nitrogens with one attached hydrogen (secondary N) is 1. The Morgan fingerprint density at radius 2 is 1.86 bits per heavy atom. The van der Waals surface area contributed by atoms with Crippen molar-refractivity contribution in [2.24, 2.45) is 0 Å². The van der Waals surface area contributed by atoms with Gasteiger partial charge in [0, 0.05) is 48.8 Å². The van der Waals surface area contributed by atoms with E-state index in [2.05, 4.69) is 5.32 Å². The highest BCUT2D eigenvalue weighted by molar-refractivity contribution is 7.89. The van der Waals surface area contributed by atoms with Gasteiger partial charge in [0.05, 0.1) is 10.6 Å². The summed E-state index contributed by atoms with van der Waals surface area (Å²) in [6, 6.07) is 16.5. The number of hydrogen-bond acceptors (Lipinski definition) is 5. The van der Waals surface area contributed by atoms with E-state index in [9.17, 15) is 18.0 Å². The predicted molar refractivity (Wildman–Crippen MR) is 139 cm³/mol. The van der Waals surface area contributed by atoms with E-state index in [1.165, 1.54) is 4.31 Å². The highest BCUT2D eigenvalue weighted by atomic mass is 32.2. The summed E-state index contributed by atoms with van der Waals surface area (Å²) >= 11 is 0. The third-order valence-electron chi connectivity index (χ3n) is 6.88. The van der Waals surface area contributed by atoms with Crippen LogP contribution in [0, 0.1) is 0 Å². The van der Waals surface area contributed by atoms with Gasteiger partial charge in [0.25, 0.3) is 5.91 Å². The summed E-state index contributed by atoms with van der Waals surface area (Å²) in [5.74, 6) is -0.432. The van der Waals surface area contributed by atoms with E-state index in [4.69, 9.17) is 4.74 Å². The van der Waals surface area contributed by atoms with Crippen molar-refractivity contribution in [2.75, 3.05) is 37.0 Å². The average molecular weight is 508 g/mol. The molecule has 188 valence electrons. The SMILES string of the molecule is COCCCN1C(=O)c2cccc3c(NC(=O)C4CCCCN4S(=O)(=O)c4ccccc4)ccc1c23. The molecule has 9 heteroatoms. The summed E-state index contributed by atoms with van der Waals surface area (Å²) in [5.41, 5.74) is 1.97. The molecule has 1 unspecified atom stereocenters. The summed E-state index contributed by atoms with van der Waals surface area (Å²) in [4.78, 5) is 28.5. The van der Waals surface area contributed by atoms with Crippen LogP contribution in [0.1, 0.15) is 36.0 Å². The standard InChI is InChI=1S/C27H29N3O5S/c1-35-18-8-16-29-23-15-14-22(20-11-7-12-21(25(20)23)27(29)32)28-26(31)24-13-5-6-17-30(24)36(33,34)19-9-3-2-4-10-19/h2-4,7,9-12,14-15,24H,5-6,8,13,16-18H2,1H3,(H,28,31). The van der Waals surface area contributed by atoms with Crippen molar-refractivity contribution in [1.82, 2.24) is 4.31 Å². The Balaban J connectivity index is 1.44. The molecule has 1 saturated heterocycles. The van der Waals surface area contributed by atoms with Gasteiger partial charge in [0.1, 0.15) is 6.04 Å². The minimum Gasteiger partial charge on any atom is -0.385 e. The molecule has 0 bridgehead atoms. The van der Waals surface area contributed by atoms with Crippen molar-refractivity contribution in [1.29, 1.82) is 0 Å². The molecule has 0 spiro atoms. The van der Waals surface area contributed by atoms with Crippen molar-refractivity contribution in [3.05, 3.63) is 66.2 Å². The highest BCUT2D eigenvalue weighted by Crippen LogP contribution is 2.41. The fourth-order valence-corrected chi connectivity index (χ4v) is 6.82. The third kappa shape index (κ3) is 4.27. The number of nitrogens with zero attached hydrogens (tertiary/aromatic N) is 2. The first-order valence-electron chi connectivity index (χ1n) is 12.2. The lowest BCUT2D eigenvalue weighted by molar-refractivity contribution is -0.120. The zero-order chi connectivity index (χ0) is 25.3. The second-order valence-corrected chi connectivity index (χ2v) is 11.0. The number of ether oxygens (including phenoxy) is 1. The van der Waals surface area contributed by atoms with Gasteiger partial charge in [-0.05, 0) is 49.6 Å². The second-order valence-electron chi connectivity index (χ2n) is 9.09. The molecule has 1 fully saturated rings. The lowest BCUT2D eigenvalue weighted by Gasteiger charge is -2.33. The Hall–Kier alpha value is -3.27. The van der Waals surface area contributed by atoms with Crippen LogP contribution < -0.4 is 10.2 Å². The molecule has 2 heterocycles. The topological polar surface area (TPSA) is 96.0 Å². The maximum absolute atomic E-state index is 13.5. The van der Waals surface area contributed by atoms with Gasteiger partial charge in [-0.3, -0.25) is 9.59 Å². The third-order valence-corrected chi connectivity index (χ3v) is 8.80. The van der Waals surface area contributed by atoms with Crippen LogP contribution in [0.3, 0.4) is 0 Å². The number of anilines is 2. The monoisotopic (exact) mass is 507 g/mol. The number of rotatable bonds is 8. The molecule has 0 aromatic heterocycles. The van der Waals surface area contributed by atoms with E-state index in [1.54, 1.807) is 60.5 Å². The van der Waals surface area contributed by atoms with Gasteiger partial charge in [-0.1, -0.05) is 36.8 Å². The van der Waals surface area contributed by atoms with E-state index in [-0.39, 0.29) is 16.7 Å². The molecule has 8 nitrogen and oxygen atoms in total. The Morgan fingerprint density at radius 1 is 1.06 bits per heavy atom. The van der Waals surface area contributed by atoms with Crippen molar-refractivity contribution >= 4 is 44.0 Å². The molecule has 0 saturated carbocycles. The van der Waals surface area contributed by atoms with E-state index >= 15 is 0 Å². The van der Waals surface area contributed by atoms with Crippen LogP contribution in [0.2, 0.25) is 0 Å². The zero-order valence-corrected chi connectivity index (χ0v) is 21.0. The Kier molecular flexibility index (Phi) is 6.79. The largest absolute Gasteiger partial charge is 0.385 e. The quantitative estimate of drug-likeness (QED) is 0.465. The fraction of sp³-hybridized carbons (Fsp3) is 0.333. The molecule has 1 atom stereocenters. The van der Waals surface area contributed by atoms with E-state index in [1.807, 2.05) is 12.1 Å². The van der Waals surface area contributed by atoms with Gasteiger partial charge in [-0.15, -0.1) is 0 Å². The molecule has 3 aromatic rings. The summed E-state index contributed by atoms with van der Waals surface area (Å²) in [5, 5.41) is 4.54. The van der Waals surface area contributed by atoms with Crippen LogP contribution >= 0.6 is 0 Å². The second kappa shape index (κ2) is 10.0. The fourth-order valence-electron chi connectivity index (χ4n) is 5.14. The number of amides is 2. The lowest BCUT2D eigenvalue weighted by atomic mass is 10.0. The molecule has 0 radical (unpaired) electrons. The first kappa shape index (κ1) is 24.4. The summed E-state index contributed by atoms with van der Waals surface area (Å²) in [7, 11) is -2.18. The van der Waals surface area contributed by atoms with Crippen molar-refractivity contribution < 1.29 is 22.7 Å². The molecule has 1 N–H and O–H groups in total. The van der Waals surface area contributed by atoms with E-state index in [0.29, 0.717) is 50.2 Å². The van der Waals surface area contributed by atoms with Crippen LogP contribution in [0.4, 0.5) is 11.4 Å². The Labute approximate surface area is 210 Å². The number of carbonyl (C=O) groups excluding carboxylic acids is 2. The van der Waals surface area contributed by atoms with Gasteiger partial charge < -0.3 is 15.0 Å². The predicted octanol–water partition coefficient (Wildman–Crippen LogP) is 4.02. The van der Waals surface area contributed by atoms with Gasteiger partial charge in [-0.25, -0.2) is 8.42 Å². The first-order chi connectivity index (χ1) is 17.4. The molecule has 2 aliphatic heterocycles. The molecule has 2 amide bonds. The van der Waals surface area contributed by atoms with Crippen LogP contribution in [0.25, 0.3) is 10.8 Å². The molecule has 36 heavy (non-hydrogen) atoms. The van der Waals surface area contributed by atoms with Crippen molar-refractivity contribution in [2.45, 2.75) is 36.6 Å². The number of benzene rings is 3. The van der Waals surface area contributed by atoms with Gasteiger partial charge in [-0.2, -0.15) is 4.31 Å². The van der Waals surface area contributed by atoms with E-state index < -0.39 is 16.1 Å².